The number of halogens is 1. The van der Waals surface area contributed by atoms with Gasteiger partial charge in [0.1, 0.15) is 5.82 Å². The van der Waals surface area contributed by atoms with Gasteiger partial charge in [-0.25, -0.2) is 4.39 Å². The lowest BCUT2D eigenvalue weighted by Crippen LogP contribution is -2.27. The molecule has 122 valence electrons. The molecule has 0 aliphatic carbocycles. The van der Waals surface area contributed by atoms with Crippen LogP contribution in [0.3, 0.4) is 0 Å². The van der Waals surface area contributed by atoms with E-state index in [0.29, 0.717) is 12.3 Å². The van der Waals surface area contributed by atoms with Crippen molar-refractivity contribution in [2.75, 3.05) is 13.1 Å². The van der Waals surface area contributed by atoms with Crippen LogP contribution in [-0.2, 0) is 17.6 Å². The molecular formula is C18H26FNO2. The number of rotatable bonds is 7. The molecule has 1 aromatic rings. The van der Waals surface area contributed by atoms with Gasteiger partial charge in [-0.1, -0.05) is 19.9 Å². The Morgan fingerprint density at radius 3 is 2.68 bits per heavy atom. The zero-order chi connectivity index (χ0) is 16.1. The van der Waals surface area contributed by atoms with E-state index >= 15 is 0 Å². The molecule has 0 radical (unpaired) electrons. The Bertz CT molecular complexity index is 510. The third kappa shape index (κ3) is 4.80. The van der Waals surface area contributed by atoms with E-state index in [2.05, 4.69) is 19.2 Å². The molecule has 1 heterocycles. The minimum absolute atomic E-state index is 0.139. The second-order valence-electron chi connectivity index (χ2n) is 6.80. The highest BCUT2D eigenvalue weighted by Crippen LogP contribution is 2.25. The number of nitrogens with one attached hydrogen (secondary N) is 1. The average molecular weight is 307 g/mol. The molecule has 1 aromatic carbocycles. The monoisotopic (exact) mass is 307 g/mol. The fourth-order valence-corrected chi connectivity index (χ4v) is 3.16. The molecule has 2 N–H and O–H groups in total. The summed E-state index contributed by atoms with van der Waals surface area (Å²) in [6, 6.07) is 5.03. The second-order valence-corrected chi connectivity index (χ2v) is 6.80. The smallest absolute Gasteiger partial charge is 0.307 e. The van der Waals surface area contributed by atoms with Crippen LogP contribution in [0, 0.1) is 23.6 Å². The minimum atomic E-state index is -0.776. The van der Waals surface area contributed by atoms with Gasteiger partial charge in [0.2, 0.25) is 0 Å². The Morgan fingerprint density at radius 1 is 1.36 bits per heavy atom. The van der Waals surface area contributed by atoms with Crippen molar-refractivity contribution in [1.29, 1.82) is 0 Å². The van der Waals surface area contributed by atoms with Gasteiger partial charge in [0.05, 0.1) is 5.92 Å². The fraction of sp³-hybridized carbons (Fsp3) is 0.611. The second kappa shape index (κ2) is 7.73. The molecule has 2 rings (SSSR count). The van der Waals surface area contributed by atoms with Crippen LogP contribution in [0.25, 0.3) is 0 Å². The molecule has 1 aliphatic rings. The van der Waals surface area contributed by atoms with E-state index in [0.717, 1.165) is 43.5 Å². The quantitative estimate of drug-likeness (QED) is 0.813. The van der Waals surface area contributed by atoms with E-state index < -0.39 is 11.9 Å². The lowest BCUT2D eigenvalue weighted by Gasteiger charge is -2.19. The highest BCUT2D eigenvalue weighted by atomic mass is 19.1. The van der Waals surface area contributed by atoms with E-state index in [1.165, 1.54) is 6.07 Å². The van der Waals surface area contributed by atoms with E-state index in [1.807, 2.05) is 6.07 Å². The summed E-state index contributed by atoms with van der Waals surface area (Å²) in [4.78, 5) is 11.6. The summed E-state index contributed by atoms with van der Waals surface area (Å²) < 4.78 is 13.8. The molecule has 0 bridgehead atoms. The zero-order valence-corrected chi connectivity index (χ0v) is 13.4. The predicted octanol–water partition coefficient (Wildman–Crippen LogP) is 3.27. The summed E-state index contributed by atoms with van der Waals surface area (Å²) in [7, 11) is 0. The van der Waals surface area contributed by atoms with Crippen LogP contribution in [-0.4, -0.2) is 24.2 Å². The number of hydrogen-bond donors (Lipinski definition) is 2. The van der Waals surface area contributed by atoms with Crippen molar-refractivity contribution < 1.29 is 14.3 Å². The highest BCUT2D eigenvalue weighted by molar-refractivity contribution is 5.71. The number of aliphatic carboxylic acids is 1. The number of carbonyl (C=O) groups is 1. The van der Waals surface area contributed by atoms with Crippen LogP contribution in [0.5, 0.6) is 0 Å². The molecule has 0 amide bonds. The minimum Gasteiger partial charge on any atom is -0.481 e. The van der Waals surface area contributed by atoms with Gasteiger partial charge < -0.3 is 10.4 Å². The molecule has 1 fully saturated rings. The maximum atomic E-state index is 13.8. The van der Waals surface area contributed by atoms with Crippen LogP contribution in [0.2, 0.25) is 0 Å². The molecule has 2 atom stereocenters. The van der Waals surface area contributed by atoms with Crippen LogP contribution >= 0.6 is 0 Å². The van der Waals surface area contributed by atoms with Gasteiger partial charge in [0.25, 0.3) is 0 Å². The topological polar surface area (TPSA) is 49.3 Å². The van der Waals surface area contributed by atoms with Crippen LogP contribution in [0.15, 0.2) is 18.2 Å². The van der Waals surface area contributed by atoms with Crippen molar-refractivity contribution in [3.63, 3.8) is 0 Å². The molecule has 0 aromatic heterocycles. The van der Waals surface area contributed by atoms with Gasteiger partial charge in [-0.05, 0) is 73.9 Å². The number of carboxylic acids is 1. The lowest BCUT2D eigenvalue weighted by molar-refractivity contribution is -0.143. The number of benzene rings is 1. The fourth-order valence-electron chi connectivity index (χ4n) is 3.16. The average Bonchev–Trinajstić information content (AvgIpc) is 2.95. The lowest BCUT2D eigenvalue weighted by atomic mass is 9.85. The van der Waals surface area contributed by atoms with Gasteiger partial charge in [0, 0.05) is 0 Å². The summed E-state index contributed by atoms with van der Waals surface area (Å²) in [5, 5.41) is 12.7. The third-order valence-corrected chi connectivity index (χ3v) is 4.47. The third-order valence-electron chi connectivity index (χ3n) is 4.47. The van der Waals surface area contributed by atoms with Gasteiger partial charge >= 0.3 is 5.97 Å². The van der Waals surface area contributed by atoms with Gasteiger partial charge in [-0.15, -0.1) is 0 Å². The first-order valence-electron chi connectivity index (χ1n) is 8.17. The molecule has 0 saturated carbocycles. The van der Waals surface area contributed by atoms with Crippen LogP contribution in [0.4, 0.5) is 4.39 Å². The molecule has 4 heteroatoms. The van der Waals surface area contributed by atoms with Crippen molar-refractivity contribution in [3.05, 3.63) is 35.1 Å². The Balaban J connectivity index is 2.10. The van der Waals surface area contributed by atoms with E-state index in [9.17, 15) is 14.3 Å². The SMILES string of the molecule is CC(C)CCc1cc(F)cc(C[C@H](C(=O)O)[C@H]2CCNC2)c1. The van der Waals surface area contributed by atoms with E-state index in [4.69, 9.17) is 0 Å². The van der Waals surface area contributed by atoms with Gasteiger partial charge in [-0.2, -0.15) is 0 Å². The summed E-state index contributed by atoms with van der Waals surface area (Å²) in [6.45, 7) is 5.91. The Hall–Kier alpha value is -1.42. The van der Waals surface area contributed by atoms with Crippen molar-refractivity contribution in [2.24, 2.45) is 17.8 Å². The molecule has 0 unspecified atom stereocenters. The maximum Gasteiger partial charge on any atom is 0.307 e. The summed E-state index contributed by atoms with van der Waals surface area (Å²) in [5.41, 5.74) is 1.77. The number of aryl methyl sites for hydroxylation is 1. The molecule has 3 nitrogen and oxygen atoms in total. The van der Waals surface area contributed by atoms with Crippen molar-refractivity contribution in [3.8, 4) is 0 Å². The van der Waals surface area contributed by atoms with E-state index in [1.54, 1.807) is 6.07 Å². The largest absolute Gasteiger partial charge is 0.481 e. The first-order valence-corrected chi connectivity index (χ1v) is 8.17. The molecular weight excluding hydrogens is 281 g/mol. The summed E-state index contributed by atoms with van der Waals surface area (Å²) in [5.74, 6) is -0.760. The van der Waals surface area contributed by atoms with Gasteiger partial charge in [0.15, 0.2) is 0 Å². The first kappa shape index (κ1) is 16.9. The zero-order valence-electron chi connectivity index (χ0n) is 13.4. The van der Waals surface area contributed by atoms with E-state index in [-0.39, 0.29) is 11.7 Å². The maximum absolute atomic E-state index is 13.8. The molecule has 1 aliphatic heterocycles. The van der Waals surface area contributed by atoms with Crippen molar-refractivity contribution >= 4 is 5.97 Å². The number of hydrogen-bond acceptors (Lipinski definition) is 2. The Morgan fingerprint density at radius 2 is 2.09 bits per heavy atom. The normalized spacial score (nSPS) is 19.5. The van der Waals surface area contributed by atoms with Crippen molar-refractivity contribution in [2.45, 2.75) is 39.5 Å². The van der Waals surface area contributed by atoms with Crippen LogP contribution < -0.4 is 5.32 Å². The molecule has 0 spiro atoms. The first-order chi connectivity index (χ1) is 10.5. The number of carboxylic acid groups (broad SMARTS) is 1. The van der Waals surface area contributed by atoms with Gasteiger partial charge in [-0.3, -0.25) is 4.79 Å². The van der Waals surface area contributed by atoms with Crippen molar-refractivity contribution in [1.82, 2.24) is 5.32 Å². The summed E-state index contributed by atoms with van der Waals surface area (Å²) >= 11 is 0. The van der Waals surface area contributed by atoms with Crippen LogP contribution in [0.1, 0.15) is 37.8 Å². The Kier molecular flexibility index (Phi) is 5.95. The highest BCUT2D eigenvalue weighted by Gasteiger charge is 2.30. The predicted molar refractivity (Wildman–Crippen MR) is 85.4 cm³/mol. The standard InChI is InChI=1S/C18H26FNO2/c1-12(2)3-4-13-7-14(9-16(19)8-13)10-17(18(21)22)15-5-6-20-11-15/h7-9,12,15,17,20H,3-6,10-11H2,1-2H3,(H,21,22)/t15-,17-/m0/s1. The molecule has 1 saturated heterocycles. The summed E-state index contributed by atoms with van der Waals surface area (Å²) in [6.07, 6.45) is 3.14. The Labute approximate surface area is 131 Å². The molecule has 22 heavy (non-hydrogen) atoms.